The van der Waals surface area contributed by atoms with E-state index < -0.39 is 23.6 Å². The van der Waals surface area contributed by atoms with Gasteiger partial charge < -0.3 is 29.4 Å². The second-order valence-electron chi connectivity index (χ2n) is 10.1. The Morgan fingerprint density at radius 2 is 1.72 bits per heavy atom. The summed E-state index contributed by atoms with van der Waals surface area (Å²) in [7, 11) is 1.59. The van der Waals surface area contributed by atoms with E-state index in [2.05, 4.69) is 20.6 Å². The topological polar surface area (TPSA) is 99.5 Å². The zero-order chi connectivity index (χ0) is 32.8. The van der Waals surface area contributed by atoms with E-state index in [0.29, 0.717) is 29.2 Å². The van der Waals surface area contributed by atoms with Gasteiger partial charge >= 0.3 is 12.2 Å². The molecule has 3 aromatic carbocycles. The first-order valence-corrected chi connectivity index (χ1v) is 14.0. The lowest BCUT2D eigenvalue weighted by molar-refractivity contribution is -0.137. The van der Waals surface area contributed by atoms with Crippen molar-refractivity contribution >= 4 is 17.4 Å². The second-order valence-corrected chi connectivity index (χ2v) is 10.1. The van der Waals surface area contributed by atoms with Gasteiger partial charge in [-0.2, -0.15) is 13.2 Å². The first-order chi connectivity index (χ1) is 22.0. The molecule has 5 aromatic rings. The number of pyridine rings is 1. The number of amides is 2. The first kappa shape index (κ1) is 31.8. The normalized spacial score (nSPS) is 11.2. The lowest BCUT2D eigenvalue weighted by atomic mass is 10.1. The van der Waals surface area contributed by atoms with Crippen LogP contribution in [-0.4, -0.2) is 34.3 Å². The van der Waals surface area contributed by atoms with Crippen LogP contribution < -0.4 is 24.8 Å². The van der Waals surface area contributed by atoms with Gasteiger partial charge in [0.1, 0.15) is 18.2 Å². The number of aromatic nitrogens is 3. The fraction of sp³-hybridized carbons (Fsp3) is 0.182. The molecule has 0 saturated heterocycles. The number of imidazole rings is 1. The van der Waals surface area contributed by atoms with Crippen LogP contribution in [-0.2, 0) is 12.8 Å². The first-order valence-electron chi connectivity index (χ1n) is 14.0. The molecule has 0 radical (unpaired) electrons. The van der Waals surface area contributed by atoms with Crippen LogP contribution >= 0.6 is 0 Å². The fourth-order valence-electron chi connectivity index (χ4n) is 4.47. The molecule has 0 aliphatic carbocycles. The number of alkyl halides is 3. The molecule has 0 bridgehead atoms. The molecule has 2 N–H and O–H groups in total. The minimum absolute atomic E-state index is 0.137. The Hall–Kier alpha value is -5.59. The van der Waals surface area contributed by atoms with Crippen LogP contribution in [0.1, 0.15) is 23.7 Å². The van der Waals surface area contributed by atoms with Gasteiger partial charge in [-0.25, -0.2) is 19.2 Å². The van der Waals surface area contributed by atoms with Crippen molar-refractivity contribution in [2.75, 3.05) is 24.4 Å². The molecule has 13 heteroatoms. The fourth-order valence-corrected chi connectivity index (χ4v) is 4.47. The Kier molecular flexibility index (Phi) is 9.40. The number of aryl methyl sites for hydroxylation is 1. The average molecular weight is 636 g/mol. The number of hydrogen-bond acceptors (Lipinski definition) is 6. The van der Waals surface area contributed by atoms with E-state index in [4.69, 9.17) is 14.2 Å². The molecule has 0 aliphatic heterocycles. The van der Waals surface area contributed by atoms with Crippen LogP contribution in [0.25, 0.3) is 16.8 Å². The van der Waals surface area contributed by atoms with Crippen molar-refractivity contribution in [1.29, 1.82) is 0 Å². The number of urea groups is 1. The summed E-state index contributed by atoms with van der Waals surface area (Å²) in [6.07, 6.45) is -0.250. The zero-order valence-electron chi connectivity index (χ0n) is 25.0. The molecule has 0 atom stereocenters. The van der Waals surface area contributed by atoms with Gasteiger partial charge in [-0.15, -0.1) is 0 Å². The van der Waals surface area contributed by atoms with Crippen molar-refractivity contribution in [3.05, 3.63) is 108 Å². The SMILES string of the molecule is CCOc1cc(-c2ccc(NC(=O)Nc3cc(-n4cnc(C)c4)cc(C(F)(F)F)c3)c(F)c2)cnc1OCc1ccc(OC)cc1. The number of anilines is 2. The van der Waals surface area contributed by atoms with Crippen molar-refractivity contribution in [2.24, 2.45) is 0 Å². The Morgan fingerprint density at radius 3 is 2.37 bits per heavy atom. The zero-order valence-corrected chi connectivity index (χ0v) is 25.0. The van der Waals surface area contributed by atoms with Crippen molar-refractivity contribution in [1.82, 2.24) is 14.5 Å². The minimum Gasteiger partial charge on any atom is -0.497 e. The number of methoxy groups -OCH3 is 1. The average Bonchev–Trinajstić information content (AvgIpc) is 3.47. The molecule has 0 unspecified atom stereocenters. The molecule has 238 valence electrons. The van der Waals surface area contributed by atoms with Gasteiger partial charge in [-0.05, 0) is 73.5 Å². The number of nitrogens with zero attached hydrogens (tertiary/aromatic N) is 3. The van der Waals surface area contributed by atoms with E-state index >= 15 is 4.39 Å². The standard InChI is InChI=1S/C33H29F4N5O4/c1-4-45-30-12-23(16-38-31(30)46-18-21-5-8-27(44-3)9-6-21)22-7-10-29(28(34)11-22)41-32(43)40-25-13-24(33(35,36)37)14-26(15-25)42-17-20(2)39-19-42/h5-17,19H,4,18H2,1-3H3,(H2,40,41,43). The monoisotopic (exact) mass is 635 g/mol. The van der Waals surface area contributed by atoms with Gasteiger partial charge in [0, 0.05) is 29.3 Å². The minimum atomic E-state index is -4.67. The highest BCUT2D eigenvalue weighted by Crippen LogP contribution is 2.34. The lowest BCUT2D eigenvalue weighted by Gasteiger charge is -2.15. The molecule has 0 saturated carbocycles. The number of carbonyl (C=O) groups excluding carboxylic acids is 1. The predicted octanol–water partition coefficient (Wildman–Crippen LogP) is 8.03. The quantitative estimate of drug-likeness (QED) is 0.151. The molecule has 0 fully saturated rings. The van der Waals surface area contributed by atoms with Gasteiger partial charge in [-0.3, -0.25) is 0 Å². The summed E-state index contributed by atoms with van der Waals surface area (Å²) < 4.78 is 74.0. The van der Waals surface area contributed by atoms with Crippen LogP contribution in [0.3, 0.4) is 0 Å². The largest absolute Gasteiger partial charge is 0.497 e. The molecule has 5 rings (SSSR count). The Morgan fingerprint density at radius 1 is 0.935 bits per heavy atom. The third kappa shape index (κ3) is 7.73. The summed E-state index contributed by atoms with van der Waals surface area (Å²) in [6, 6.07) is 15.3. The van der Waals surface area contributed by atoms with Crippen molar-refractivity contribution < 1.29 is 36.6 Å². The summed E-state index contributed by atoms with van der Waals surface area (Å²) in [5.41, 5.74) is 1.30. The highest BCUT2D eigenvalue weighted by Gasteiger charge is 2.31. The third-order valence-corrected chi connectivity index (χ3v) is 6.72. The van der Waals surface area contributed by atoms with Gasteiger partial charge in [0.05, 0.1) is 37.0 Å². The van der Waals surface area contributed by atoms with E-state index in [9.17, 15) is 18.0 Å². The molecular weight excluding hydrogens is 606 g/mol. The summed E-state index contributed by atoms with van der Waals surface area (Å²) in [6.45, 7) is 4.08. The molecule has 2 amide bonds. The van der Waals surface area contributed by atoms with E-state index in [1.54, 1.807) is 32.4 Å². The summed E-state index contributed by atoms with van der Waals surface area (Å²) in [4.78, 5) is 21.1. The van der Waals surface area contributed by atoms with Crippen LogP contribution in [0.2, 0.25) is 0 Å². The van der Waals surface area contributed by atoms with E-state index in [0.717, 1.165) is 23.4 Å². The summed E-state index contributed by atoms with van der Waals surface area (Å²) in [5, 5.41) is 4.70. The van der Waals surface area contributed by atoms with Gasteiger partial charge in [0.15, 0.2) is 5.75 Å². The Bertz CT molecular complexity index is 1840. The summed E-state index contributed by atoms with van der Waals surface area (Å²) >= 11 is 0. The lowest BCUT2D eigenvalue weighted by Crippen LogP contribution is -2.20. The molecule has 46 heavy (non-hydrogen) atoms. The number of benzene rings is 3. The van der Waals surface area contributed by atoms with Crippen LogP contribution in [0, 0.1) is 12.7 Å². The maximum Gasteiger partial charge on any atom is 0.416 e. The predicted molar refractivity (Wildman–Crippen MR) is 164 cm³/mol. The molecule has 0 spiro atoms. The van der Waals surface area contributed by atoms with Gasteiger partial charge in [0.2, 0.25) is 0 Å². The van der Waals surface area contributed by atoms with E-state index in [-0.39, 0.29) is 29.5 Å². The molecule has 9 nitrogen and oxygen atoms in total. The molecule has 0 aliphatic rings. The van der Waals surface area contributed by atoms with Crippen LogP contribution in [0.5, 0.6) is 17.4 Å². The number of carbonyl (C=O) groups is 1. The highest BCUT2D eigenvalue weighted by atomic mass is 19.4. The highest BCUT2D eigenvalue weighted by molar-refractivity contribution is 6.00. The number of halogens is 4. The maximum atomic E-state index is 15.1. The second kappa shape index (κ2) is 13.6. The molecule has 2 aromatic heterocycles. The van der Waals surface area contributed by atoms with E-state index in [1.807, 2.05) is 31.2 Å². The van der Waals surface area contributed by atoms with Gasteiger partial charge in [-0.1, -0.05) is 18.2 Å². The van der Waals surface area contributed by atoms with E-state index in [1.165, 1.54) is 35.3 Å². The van der Waals surface area contributed by atoms with Crippen molar-refractivity contribution in [3.8, 4) is 34.2 Å². The maximum absolute atomic E-state index is 15.1. The van der Waals surface area contributed by atoms with Crippen LogP contribution in [0.15, 0.2) is 85.5 Å². The van der Waals surface area contributed by atoms with Crippen LogP contribution in [0.4, 0.5) is 33.7 Å². The van der Waals surface area contributed by atoms with Crippen molar-refractivity contribution in [2.45, 2.75) is 26.6 Å². The Balaban J connectivity index is 1.30. The molecule has 2 heterocycles. The van der Waals surface area contributed by atoms with Gasteiger partial charge in [0.25, 0.3) is 5.88 Å². The smallest absolute Gasteiger partial charge is 0.416 e. The van der Waals surface area contributed by atoms with Crippen molar-refractivity contribution in [3.63, 3.8) is 0 Å². The third-order valence-electron chi connectivity index (χ3n) is 6.72. The Labute approximate surface area is 261 Å². The number of ether oxygens (including phenoxy) is 3. The number of hydrogen-bond donors (Lipinski definition) is 2. The number of rotatable bonds is 10. The molecular formula is C33H29F4N5O4. The number of nitrogens with one attached hydrogen (secondary N) is 2. The summed E-state index contributed by atoms with van der Waals surface area (Å²) in [5.74, 6) is 0.574.